The van der Waals surface area contributed by atoms with E-state index in [0.29, 0.717) is 25.6 Å². The maximum atomic E-state index is 11.4. The van der Waals surface area contributed by atoms with Gasteiger partial charge in [-0.1, -0.05) is 44.2 Å². The van der Waals surface area contributed by atoms with Crippen LogP contribution in [0.4, 0.5) is 0 Å². The Morgan fingerprint density at radius 1 is 1.29 bits per heavy atom. The molecule has 0 saturated carbocycles. The molecule has 0 fully saturated rings. The zero-order valence-electron chi connectivity index (χ0n) is 10.6. The molecular formula is C14H21NO2. The Hall–Kier alpha value is -1.35. The molecule has 0 aromatic heterocycles. The van der Waals surface area contributed by atoms with Gasteiger partial charge in [0.05, 0.1) is 13.2 Å². The summed E-state index contributed by atoms with van der Waals surface area (Å²) in [7, 11) is 0. The van der Waals surface area contributed by atoms with E-state index >= 15 is 0 Å². The van der Waals surface area contributed by atoms with Crippen molar-refractivity contribution in [1.82, 2.24) is 5.32 Å². The van der Waals surface area contributed by atoms with Gasteiger partial charge in [-0.15, -0.1) is 0 Å². The molecule has 0 saturated heterocycles. The predicted molar refractivity (Wildman–Crippen MR) is 68.6 cm³/mol. The lowest BCUT2D eigenvalue weighted by Gasteiger charge is -2.08. The number of nitrogens with one attached hydrogen (secondary N) is 1. The van der Waals surface area contributed by atoms with E-state index in [2.05, 4.69) is 19.2 Å². The van der Waals surface area contributed by atoms with Crippen molar-refractivity contribution in [3.63, 3.8) is 0 Å². The van der Waals surface area contributed by atoms with E-state index in [-0.39, 0.29) is 5.91 Å². The van der Waals surface area contributed by atoms with Crippen LogP contribution in [0.2, 0.25) is 0 Å². The average molecular weight is 235 g/mol. The van der Waals surface area contributed by atoms with E-state index < -0.39 is 0 Å². The Labute approximate surface area is 103 Å². The van der Waals surface area contributed by atoms with Crippen LogP contribution in [0, 0.1) is 5.92 Å². The van der Waals surface area contributed by atoms with Crippen LogP contribution >= 0.6 is 0 Å². The zero-order valence-corrected chi connectivity index (χ0v) is 10.6. The first kappa shape index (κ1) is 13.7. The standard InChI is InChI=1S/C14H21NO2/c1-12(2)10-15-14(16)8-9-17-11-13-6-4-3-5-7-13/h3-7,12H,8-11H2,1-2H3,(H,15,16). The van der Waals surface area contributed by atoms with Gasteiger partial charge in [0, 0.05) is 13.0 Å². The van der Waals surface area contributed by atoms with Gasteiger partial charge in [0.25, 0.3) is 0 Å². The summed E-state index contributed by atoms with van der Waals surface area (Å²) < 4.78 is 5.44. The first-order chi connectivity index (χ1) is 8.18. The van der Waals surface area contributed by atoms with Crippen LogP contribution in [0.15, 0.2) is 30.3 Å². The Morgan fingerprint density at radius 2 is 2.00 bits per heavy atom. The Kier molecular flexibility index (Phi) is 6.33. The fourth-order valence-corrected chi connectivity index (χ4v) is 1.34. The summed E-state index contributed by atoms with van der Waals surface area (Å²) in [6.07, 6.45) is 0.430. The van der Waals surface area contributed by atoms with Crippen molar-refractivity contribution in [2.45, 2.75) is 26.9 Å². The van der Waals surface area contributed by atoms with Crippen LogP contribution in [0.3, 0.4) is 0 Å². The van der Waals surface area contributed by atoms with Crippen molar-refractivity contribution >= 4 is 5.91 Å². The molecule has 0 radical (unpaired) electrons. The fraction of sp³-hybridized carbons (Fsp3) is 0.500. The number of carbonyl (C=O) groups is 1. The third-order valence-corrected chi connectivity index (χ3v) is 2.29. The summed E-state index contributed by atoms with van der Waals surface area (Å²) in [6.45, 7) is 5.92. The highest BCUT2D eigenvalue weighted by atomic mass is 16.5. The van der Waals surface area contributed by atoms with Crippen LogP contribution < -0.4 is 5.32 Å². The summed E-state index contributed by atoms with van der Waals surface area (Å²) in [5, 5.41) is 2.86. The third-order valence-electron chi connectivity index (χ3n) is 2.29. The molecule has 0 aliphatic carbocycles. The summed E-state index contributed by atoms with van der Waals surface area (Å²) in [6, 6.07) is 9.96. The van der Waals surface area contributed by atoms with E-state index in [1.54, 1.807) is 0 Å². The summed E-state index contributed by atoms with van der Waals surface area (Å²) in [5.41, 5.74) is 1.13. The number of ether oxygens (including phenoxy) is 1. The van der Waals surface area contributed by atoms with E-state index in [1.807, 2.05) is 30.3 Å². The van der Waals surface area contributed by atoms with Crippen LogP contribution in [-0.2, 0) is 16.1 Å². The first-order valence-corrected chi connectivity index (χ1v) is 6.07. The molecule has 17 heavy (non-hydrogen) atoms. The van der Waals surface area contributed by atoms with Gasteiger partial charge < -0.3 is 10.1 Å². The van der Waals surface area contributed by atoms with E-state index in [4.69, 9.17) is 4.74 Å². The highest BCUT2D eigenvalue weighted by Gasteiger charge is 2.02. The molecule has 0 bridgehead atoms. The summed E-state index contributed by atoms with van der Waals surface area (Å²) in [5.74, 6) is 0.552. The zero-order chi connectivity index (χ0) is 12.5. The van der Waals surface area contributed by atoms with Crippen LogP contribution in [-0.4, -0.2) is 19.1 Å². The molecule has 1 N–H and O–H groups in total. The molecular weight excluding hydrogens is 214 g/mol. The van der Waals surface area contributed by atoms with Gasteiger partial charge in [-0.3, -0.25) is 4.79 Å². The number of hydrogen-bond donors (Lipinski definition) is 1. The van der Waals surface area contributed by atoms with Crippen molar-refractivity contribution in [2.75, 3.05) is 13.2 Å². The molecule has 3 nitrogen and oxygen atoms in total. The Morgan fingerprint density at radius 3 is 2.65 bits per heavy atom. The SMILES string of the molecule is CC(C)CNC(=O)CCOCc1ccccc1. The monoisotopic (exact) mass is 235 g/mol. The second kappa shape index (κ2) is 7.85. The lowest BCUT2D eigenvalue weighted by molar-refractivity contribution is -0.122. The Balaban J connectivity index is 2.06. The summed E-state index contributed by atoms with van der Waals surface area (Å²) in [4.78, 5) is 11.4. The maximum absolute atomic E-state index is 11.4. The molecule has 1 rings (SSSR count). The van der Waals surface area contributed by atoms with Gasteiger partial charge >= 0.3 is 0 Å². The molecule has 1 aromatic rings. The molecule has 0 aliphatic heterocycles. The quantitative estimate of drug-likeness (QED) is 0.737. The molecule has 1 aromatic carbocycles. The molecule has 0 heterocycles. The van der Waals surface area contributed by atoms with Crippen LogP contribution in [0.25, 0.3) is 0 Å². The van der Waals surface area contributed by atoms with Crippen molar-refractivity contribution in [2.24, 2.45) is 5.92 Å². The molecule has 0 spiro atoms. The van der Waals surface area contributed by atoms with Gasteiger partial charge in [0.15, 0.2) is 0 Å². The van der Waals surface area contributed by atoms with Gasteiger partial charge in [-0.25, -0.2) is 0 Å². The molecule has 3 heteroatoms. The fourth-order valence-electron chi connectivity index (χ4n) is 1.34. The molecule has 0 aliphatic rings. The molecule has 1 amide bonds. The van der Waals surface area contributed by atoms with Gasteiger partial charge in [-0.2, -0.15) is 0 Å². The second-order valence-electron chi connectivity index (χ2n) is 4.49. The second-order valence-corrected chi connectivity index (χ2v) is 4.49. The molecule has 0 unspecified atom stereocenters. The van der Waals surface area contributed by atoms with Gasteiger partial charge in [0.1, 0.15) is 0 Å². The smallest absolute Gasteiger partial charge is 0.222 e. The summed E-state index contributed by atoms with van der Waals surface area (Å²) >= 11 is 0. The number of hydrogen-bond acceptors (Lipinski definition) is 2. The van der Waals surface area contributed by atoms with Crippen LogP contribution in [0.1, 0.15) is 25.8 Å². The minimum Gasteiger partial charge on any atom is -0.376 e. The molecule has 0 atom stereocenters. The number of carbonyl (C=O) groups excluding carboxylic acids is 1. The van der Waals surface area contributed by atoms with Gasteiger partial charge in [0.2, 0.25) is 5.91 Å². The van der Waals surface area contributed by atoms with Crippen molar-refractivity contribution in [3.8, 4) is 0 Å². The maximum Gasteiger partial charge on any atom is 0.222 e. The molecule has 94 valence electrons. The van der Waals surface area contributed by atoms with Crippen molar-refractivity contribution in [3.05, 3.63) is 35.9 Å². The van der Waals surface area contributed by atoms with Gasteiger partial charge in [-0.05, 0) is 11.5 Å². The highest BCUT2D eigenvalue weighted by Crippen LogP contribution is 2.00. The van der Waals surface area contributed by atoms with E-state index in [0.717, 1.165) is 12.1 Å². The minimum absolute atomic E-state index is 0.0618. The van der Waals surface area contributed by atoms with Crippen molar-refractivity contribution < 1.29 is 9.53 Å². The lowest BCUT2D eigenvalue weighted by Crippen LogP contribution is -2.28. The van der Waals surface area contributed by atoms with E-state index in [9.17, 15) is 4.79 Å². The largest absolute Gasteiger partial charge is 0.376 e. The van der Waals surface area contributed by atoms with Crippen LogP contribution in [0.5, 0.6) is 0 Å². The highest BCUT2D eigenvalue weighted by molar-refractivity contribution is 5.75. The normalized spacial score (nSPS) is 10.5. The number of amides is 1. The van der Waals surface area contributed by atoms with E-state index in [1.165, 1.54) is 0 Å². The Bertz CT molecular complexity index is 322. The number of benzene rings is 1. The lowest BCUT2D eigenvalue weighted by atomic mass is 10.2. The third kappa shape index (κ3) is 6.74. The number of rotatable bonds is 7. The first-order valence-electron chi connectivity index (χ1n) is 6.07. The topological polar surface area (TPSA) is 38.3 Å². The average Bonchev–Trinajstić information content (AvgIpc) is 2.33. The van der Waals surface area contributed by atoms with Crippen molar-refractivity contribution in [1.29, 1.82) is 0 Å². The minimum atomic E-state index is 0.0618. The predicted octanol–water partition coefficient (Wildman–Crippen LogP) is 2.37.